The van der Waals surface area contributed by atoms with E-state index >= 15 is 0 Å². The molecule has 4 rings (SSSR count). The Kier molecular flexibility index (Phi) is 6.50. The van der Waals surface area contributed by atoms with E-state index in [1.54, 1.807) is 0 Å². The maximum atomic E-state index is 11.4. The Hall–Kier alpha value is -1.05. The first-order valence-electron chi connectivity index (χ1n) is 13.2. The standard InChI is InChI=1S/C29H46O2/c1-19(2)8-7-9-20(3)25-12-13-26-24-11-10-22-18-23(31-21(4)30)14-16-28(22,5)27(24)15-17-29(25,26)6/h14,16,18-20,22,24-27H,7-13,15,17H2,1-6H3/t20-,22+,24+,25-,26+,27+,28+,29-/m1/s1. The fourth-order valence-electron chi connectivity index (χ4n) is 8.70. The first-order valence-corrected chi connectivity index (χ1v) is 13.2. The highest BCUT2D eigenvalue weighted by molar-refractivity contribution is 5.67. The van der Waals surface area contributed by atoms with Crippen LogP contribution in [0.5, 0.6) is 0 Å². The van der Waals surface area contributed by atoms with E-state index in [0.717, 1.165) is 41.3 Å². The van der Waals surface area contributed by atoms with Crippen molar-refractivity contribution in [2.45, 2.75) is 99.3 Å². The second-order valence-electron chi connectivity index (χ2n) is 12.5. The summed E-state index contributed by atoms with van der Waals surface area (Å²) in [4.78, 5) is 11.4. The van der Waals surface area contributed by atoms with Gasteiger partial charge in [0.25, 0.3) is 0 Å². The van der Waals surface area contributed by atoms with Crippen LogP contribution in [0, 0.1) is 52.3 Å². The molecule has 2 nitrogen and oxygen atoms in total. The van der Waals surface area contributed by atoms with Crippen molar-refractivity contribution in [3.8, 4) is 0 Å². The minimum atomic E-state index is -0.207. The summed E-state index contributed by atoms with van der Waals surface area (Å²) in [5, 5.41) is 0. The molecule has 0 aromatic carbocycles. The number of hydrogen-bond donors (Lipinski definition) is 0. The fourth-order valence-corrected chi connectivity index (χ4v) is 8.70. The number of rotatable bonds is 6. The van der Waals surface area contributed by atoms with Crippen molar-refractivity contribution in [1.82, 2.24) is 0 Å². The van der Waals surface area contributed by atoms with Crippen LogP contribution in [-0.4, -0.2) is 5.97 Å². The van der Waals surface area contributed by atoms with Crippen molar-refractivity contribution in [2.24, 2.45) is 52.3 Å². The lowest BCUT2D eigenvalue weighted by Gasteiger charge is -2.59. The van der Waals surface area contributed by atoms with Crippen LogP contribution in [0.25, 0.3) is 0 Å². The van der Waals surface area contributed by atoms with E-state index in [1.165, 1.54) is 64.7 Å². The summed E-state index contributed by atoms with van der Waals surface area (Å²) in [7, 11) is 0. The number of esters is 1. The second-order valence-corrected chi connectivity index (χ2v) is 12.5. The van der Waals surface area contributed by atoms with Gasteiger partial charge in [-0.05, 0) is 103 Å². The quantitative estimate of drug-likeness (QED) is 0.403. The van der Waals surface area contributed by atoms with Crippen molar-refractivity contribution in [1.29, 1.82) is 0 Å². The van der Waals surface area contributed by atoms with Crippen LogP contribution in [0.1, 0.15) is 99.3 Å². The van der Waals surface area contributed by atoms with Crippen LogP contribution < -0.4 is 0 Å². The van der Waals surface area contributed by atoms with Crippen LogP contribution in [-0.2, 0) is 9.53 Å². The largest absolute Gasteiger partial charge is 0.427 e. The zero-order chi connectivity index (χ0) is 22.4. The lowest BCUT2D eigenvalue weighted by atomic mass is 9.46. The Bertz CT molecular complexity index is 733. The van der Waals surface area contributed by atoms with Crippen LogP contribution in [0.15, 0.2) is 24.0 Å². The van der Waals surface area contributed by atoms with Crippen LogP contribution in [0.2, 0.25) is 0 Å². The van der Waals surface area contributed by atoms with Crippen LogP contribution >= 0.6 is 0 Å². The van der Waals surface area contributed by atoms with Crippen LogP contribution in [0.3, 0.4) is 0 Å². The van der Waals surface area contributed by atoms with Gasteiger partial charge < -0.3 is 4.74 Å². The van der Waals surface area contributed by atoms with Crippen molar-refractivity contribution in [2.75, 3.05) is 0 Å². The fraction of sp³-hybridized carbons (Fsp3) is 0.828. The third-order valence-corrected chi connectivity index (χ3v) is 10.3. The van der Waals surface area contributed by atoms with E-state index in [4.69, 9.17) is 4.74 Å². The number of fused-ring (bicyclic) bond motifs is 5. The Morgan fingerprint density at radius 3 is 2.55 bits per heavy atom. The number of hydrogen-bond acceptors (Lipinski definition) is 2. The number of allylic oxidation sites excluding steroid dienone is 3. The highest BCUT2D eigenvalue weighted by atomic mass is 16.5. The molecule has 0 aromatic rings. The molecule has 0 radical (unpaired) electrons. The van der Waals surface area contributed by atoms with Gasteiger partial charge in [-0.1, -0.05) is 60.0 Å². The number of ether oxygens (including phenoxy) is 1. The molecule has 0 unspecified atom stereocenters. The second kappa shape index (κ2) is 8.71. The summed E-state index contributed by atoms with van der Waals surface area (Å²) in [6.07, 6.45) is 19.3. The molecule has 3 saturated carbocycles. The van der Waals surface area contributed by atoms with E-state index in [-0.39, 0.29) is 11.4 Å². The molecular formula is C29H46O2. The van der Waals surface area contributed by atoms with Gasteiger partial charge in [0.05, 0.1) is 0 Å². The number of carbonyl (C=O) groups excluding carboxylic acids is 1. The van der Waals surface area contributed by atoms with Gasteiger partial charge in [-0.3, -0.25) is 4.79 Å². The molecule has 174 valence electrons. The molecule has 0 saturated heterocycles. The lowest BCUT2D eigenvalue weighted by molar-refractivity contribution is -0.136. The first kappa shape index (κ1) is 23.1. The molecule has 0 aliphatic heterocycles. The van der Waals surface area contributed by atoms with E-state index < -0.39 is 0 Å². The zero-order valence-corrected chi connectivity index (χ0v) is 21.0. The molecule has 3 fully saturated rings. The maximum Gasteiger partial charge on any atom is 0.308 e. The minimum Gasteiger partial charge on any atom is -0.427 e. The summed E-state index contributed by atoms with van der Waals surface area (Å²) in [6, 6.07) is 0. The Morgan fingerprint density at radius 1 is 1.06 bits per heavy atom. The van der Waals surface area contributed by atoms with Gasteiger partial charge >= 0.3 is 5.97 Å². The maximum absolute atomic E-state index is 11.4. The molecule has 2 heteroatoms. The normalized spacial score (nSPS) is 42.4. The van der Waals surface area contributed by atoms with Gasteiger partial charge in [0.2, 0.25) is 0 Å². The minimum absolute atomic E-state index is 0.207. The summed E-state index contributed by atoms with van der Waals surface area (Å²) in [6.45, 7) is 14.0. The van der Waals surface area contributed by atoms with Crippen molar-refractivity contribution in [3.63, 3.8) is 0 Å². The molecule has 4 aliphatic rings. The monoisotopic (exact) mass is 426 g/mol. The molecular weight excluding hydrogens is 380 g/mol. The summed E-state index contributed by atoms with van der Waals surface area (Å²) >= 11 is 0. The summed E-state index contributed by atoms with van der Waals surface area (Å²) in [5.41, 5.74) is 0.785. The lowest BCUT2D eigenvalue weighted by Crippen LogP contribution is -2.51. The van der Waals surface area contributed by atoms with Gasteiger partial charge in [0.1, 0.15) is 5.76 Å². The molecule has 0 N–H and O–H groups in total. The average molecular weight is 427 g/mol. The molecule has 4 aliphatic carbocycles. The number of carbonyl (C=O) groups is 1. The van der Waals surface area contributed by atoms with E-state index in [2.05, 4.69) is 52.8 Å². The predicted octanol–water partition coefficient (Wildman–Crippen LogP) is 7.94. The molecule has 8 atom stereocenters. The molecule has 0 heterocycles. The molecule has 0 aromatic heterocycles. The molecule has 0 bridgehead atoms. The third kappa shape index (κ3) is 4.18. The summed E-state index contributed by atoms with van der Waals surface area (Å²) < 4.78 is 5.43. The Morgan fingerprint density at radius 2 is 1.84 bits per heavy atom. The van der Waals surface area contributed by atoms with Gasteiger partial charge in [-0.15, -0.1) is 0 Å². The van der Waals surface area contributed by atoms with Crippen molar-refractivity contribution >= 4 is 5.97 Å². The molecule has 0 spiro atoms. The van der Waals surface area contributed by atoms with Crippen molar-refractivity contribution in [3.05, 3.63) is 24.0 Å². The SMILES string of the molecule is CC(=O)OC1=C[C@@H]2CC[C@@H]3[C@H](CC[C@]4(C)[C@@H]([C@H](C)CCCC(C)C)CC[C@@H]34)[C@@]2(C)C=C1. The van der Waals surface area contributed by atoms with E-state index in [0.29, 0.717) is 11.3 Å². The molecule has 31 heavy (non-hydrogen) atoms. The van der Waals surface area contributed by atoms with Gasteiger partial charge in [-0.2, -0.15) is 0 Å². The highest BCUT2D eigenvalue weighted by Gasteiger charge is 2.59. The zero-order valence-electron chi connectivity index (χ0n) is 21.0. The van der Waals surface area contributed by atoms with Crippen molar-refractivity contribution < 1.29 is 9.53 Å². The predicted molar refractivity (Wildman–Crippen MR) is 128 cm³/mol. The first-order chi connectivity index (χ1) is 14.6. The van der Waals surface area contributed by atoms with Gasteiger partial charge in [0, 0.05) is 6.92 Å². The smallest absolute Gasteiger partial charge is 0.308 e. The summed E-state index contributed by atoms with van der Waals surface area (Å²) in [5.74, 6) is 6.29. The molecule has 0 amide bonds. The topological polar surface area (TPSA) is 26.3 Å². The highest BCUT2D eigenvalue weighted by Crippen LogP contribution is 2.67. The van der Waals surface area contributed by atoms with Gasteiger partial charge in [-0.25, -0.2) is 0 Å². The van der Waals surface area contributed by atoms with Gasteiger partial charge in [0.15, 0.2) is 0 Å². The van der Waals surface area contributed by atoms with Crippen LogP contribution in [0.4, 0.5) is 0 Å². The third-order valence-electron chi connectivity index (χ3n) is 10.3. The Labute approximate surface area is 191 Å². The van der Waals surface area contributed by atoms with E-state index in [1.807, 2.05) is 0 Å². The Balaban J connectivity index is 1.47. The average Bonchev–Trinajstić information content (AvgIpc) is 3.05. The van der Waals surface area contributed by atoms with E-state index in [9.17, 15) is 4.79 Å².